The highest BCUT2D eigenvalue weighted by molar-refractivity contribution is 5.88. The average Bonchev–Trinajstić information content (AvgIpc) is 2.25. The van der Waals surface area contributed by atoms with Gasteiger partial charge in [-0.05, 0) is 6.92 Å². The molecule has 1 unspecified atom stereocenters. The molecular weight excluding hydrogens is 203 g/mol. The summed E-state index contributed by atoms with van der Waals surface area (Å²) in [7, 11) is 0. The standard InChI is InChI=1S/C6H8F3N3O2/c1-3-2-5(14,6(7,8)9)12(11-3)4(10)13/h14H,2H2,1H3,(H2,10,13). The second-order valence-electron chi connectivity index (χ2n) is 2.98. The van der Waals surface area contributed by atoms with Crippen LogP contribution in [0.5, 0.6) is 0 Å². The van der Waals surface area contributed by atoms with Crippen molar-refractivity contribution < 1.29 is 23.1 Å². The van der Waals surface area contributed by atoms with Gasteiger partial charge in [-0.2, -0.15) is 23.3 Å². The lowest BCUT2D eigenvalue weighted by Gasteiger charge is -2.31. The van der Waals surface area contributed by atoms with Gasteiger partial charge in [-0.3, -0.25) is 0 Å². The summed E-state index contributed by atoms with van der Waals surface area (Å²) in [4.78, 5) is 10.6. The highest BCUT2D eigenvalue weighted by atomic mass is 19.4. The Kier molecular flexibility index (Phi) is 2.18. The molecule has 1 aliphatic heterocycles. The molecule has 1 rings (SSSR count). The predicted molar refractivity (Wildman–Crippen MR) is 40.2 cm³/mol. The number of alkyl halides is 3. The van der Waals surface area contributed by atoms with E-state index < -0.39 is 24.4 Å². The number of rotatable bonds is 0. The minimum Gasteiger partial charge on any atom is -0.362 e. The normalized spacial score (nSPS) is 27.8. The molecule has 0 saturated heterocycles. The second-order valence-corrected chi connectivity index (χ2v) is 2.98. The monoisotopic (exact) mass is 211 g/mol. The molecule has 0 saturated carbocycles. The summed E-state index contributed by atoms with van der Waals surface area (Å²) in [6.07, 6.45) is -5.76. The summed E-state index contributed by atoms with van der Waals surface area (Å²) in [5.74, 6) is 0. The zero-order chi connectivity index (χ0) is 11.1. The summed E-state index contributed by atoms with van der Waals surface area (Å²) in [5.41, 5.74) is 1.34. The lowest BCUT2D eigenvalue weighted by molar-refractivity contribution is -0.296. The van der Waals surface area contributed by atoms with Crippen LogP contribution in [0, 0.1) is 0 Å². The third-order valence-corrected chi connectivity index (χ3v) is 1.79. The molecule has 3 N–H and O–H groups in total. The van der Waals surface area contributed by atoms with E-state index >= 15 is 0 Å². The molecule has 0 aromatic rings. The molecule has 0 aliphatic carbocycles. The molecule has 1 aliphatic rings. The van der Waals surface area contributed by atoms with Crippen LogP contribution in [0.25, 0.3) is 0 Å². The van der Waals surface area contributed by atoms with Crippen molar-refractivity contribution in [1.82, 2.24) is 5.01 Å². The fourth-order valence-corrected chi connectivity index (χ4v) is 1.17. The Bertz CT molecular complexity index is 301. The first-order valence-corrected chi connectivity index (χ1v) is 3.61. The SMILES string of the molecule is CC1=NN(C(N)=O)C(O)(C(F)(F)F)C1. The molecule has 0 aromatic heterocycles. The van der Waals surface area contributed by atoms with E-state index in [0.717, 1.165) is 0 Å². The van der Waals surface area contributed by atoms with Crippen LogP contribution in [0.2, 0.25) is 0 Å². The van der Waals surface area contributed by atoms with Crippen molar-refractivity contribution in [3.63, 3.8) is 0 Å². The van der Waals surface area contributed by atoms with E-state index in [1.165, 1.54) is 6.92 Å². The van der Waals surface area contributed by atoms with Crippen LogP contribution < -0.4 is 5.73 Å². The Morgan fingerprint density at radius 1 is 1.71 bits per heavy atom. The van der Waals surface area contributed by atoms with Crippen molar-refractivity contribution in [2.75, 3.05) is 0 Å². The highest BCUT2D eigenvalue weighted by Crippen LogP contribution is 2.39. The number of nitrogens with two attached hydrogens (primary N) is 1. The third-order valence-electron chi connectivity index (χ3n) is 1.79. The van der Waals surface area contributed by atoms with Crippen molar-refractivity contribution in [3.8, 4) is 0 Å². The van der Waals surface area contributed by atoms with E-state index in [4.69, 9.17) is 0 Å². The number of aliphatic hydroxyl groups is 1. The number of carbonyl (C=O) groups excluding carboxylic acids is 1. The Hall–Kier alpha value is -1.31. The van der Waals surface area contributed by atoms with E-state index in [1.807, 2.05) is 0 Å². The van der Waals surface area contributed by atoms with E-state index in [0.29, 0.717) is 0 Å². The average molecular weight is 211 g/mol. The minimum atomic E-state index is -4.98. The number of halogens is 3. The van der Waals surface area contributed by atoms with Gasteiger partial charge in [-0.1, -0.05) is 0 Å². The fourth-order valence-electron chi connectivity index (χ4n) is 1.17. The van der Waals surface area contributed by atoms with Crippen molar-refractivity contribution in [2.24, 2.45) is 10.8 Å². The predicted octanol–water partition coefficient (Wildman–Crippen LogP) is 0.398. The molecule has 8 heteroatoms. The van der Waals surface area contributed by atoms with Gasteiger partial charge in [-0.25, -0.2) is 4.79 Å². The number of nitrogens with zero attached hydrogens (tertiary/aromatic N) is 2. The van der Waals surface area contributed by atoms with Crippen LogP contribution in [0.4, 0.5) is 18.0 Å². The lowest BCUT2D eigenvalue weighted by Crippen LogP contribution is -2.57. The number of hydrazone groups is 1. The first-order chi connectivity index (χ1) is 6.18. The molecule has 0 aromatic carbocycles. The van der Waals surface area contributed by atoms with Gasteiger partial charge >= 0.3 is 12.2 Å². The summed E-state index contributed by atoms with van der Waals surface area (Å²) in [6, 6.07) is -1.44. The molecule has 80 valence electrons. The summed E-state index contributed by atoms with van der Waals surface area (Å²) < 4.78 is 37.1. The van der Waals surface area contributed by atoms with Gasteiger partial charge in [0.1, 0.15) is 0 Å². The van der Waals surface area contributed by atoms with Crippen molar-refractivity contribution in [2.45, 2.75) is 25.2 Å². The molecule has 1 heterocycles. The van der Waals surface area contributed by atoms with Gasteiger partial charge in [0, 0.05) is 12.1 Å². The van der Waals surface area contributed by atoms with E-state index in [2.05, 4.69) is 10.8 Å². The number of urea groups is 1. The van der Waals surface area contributed by atoms with E-state index in [9.17, 15) is 23.1 Å². The molecule has 5 nitrogen and oxygen atoms in total. The highest BCUT2D eigenvalue weighted by Gasteiger charge is 2.62. The maximum atomic E-state index is 12.4. The molecular formula is C6H8F3N3O2. The molecule has 14 heavy (non-hydrogen) atoms. The molecule has 0 radical (unpaired) electrons. The van der Waals surface area contributed by atoms with Crippen molar-refractivity contribution in [3.05, 3.63) is 0 Å². The number of carbonyl (C=O) groups is 1. The Morgan fingerprint density at radius 3 is 2.50 bits per heavy atom. The van der Waals surface area contributed by atoms with Gasteiger partial charge in [0.25, 0.3) is 5.72 Å². The van der Waals surface area contributed by atoms with E-state index in [1.54, 1.807) is 0 Å². The molecule has 0 spiro atoms. The number of hydrogen-bond donors (Lipinski definition) is 2. The van der Waals surface area contributed by atoms with E-state index in [-0.39, 0.29) is 10.7 Å². The van der Waals surface area contributed by atoms with Crippen molar-refractivity contribution in [1.29, 1.82) is 0 Å². The Morgan fingerprint density at radius 2 is 2.21 bits per heavy atom. The third kappa shape index (κ3) is 1.41. The molecule has 0 fully saturated rings. The van der Waals surface area contributed by atoms with Gasteiger partial charge in [0.05, 0.1) is 0 Å². The Labute approximate surface area is 77.0 Å². The van der Waals surface area contributed by atoms with Crippen molar-refractivity contribution >= 4 is 11.7 Å². The van der Waals surface area contributed by atoms with Crippen LogP contribution >= 0.6 is 0 Å². The molecule has 0 bridgehead atoms. The van der Waals surface area contributed by atoms with Crippen LogP contribution in [-0.4, -0.2) is 33.8 Å². The zero-order valence-corrected chi connectivity index (χ0v) is 7.17. The fraction of sp³-hybridized carbons (Fsp3) is 0.667. The maximum absolute atomic E-state index is 12.4. The van der Waals surface area contributed by atoms with Crippen LogP contribution in [0.1, 0.15) is 13.3 Å². The van der Waals surface area contributed by atoms with Gasteiger partial charge in [0.2, 0.25) is 0 Å². The lowest BCUT2D eigenvalue weighted by atomic mass is 10.1. The number of hydrogen-bond acceptors (Lipinski definition) is 3. The number of amides is 2. The van der Waals surface area contributed by atoms with Gasteiger partial charge in [0.15, 0.2) is 0 Å². The first kappa shape index (κ1) is 10.8. The van der Waals surface area contributed by atoms with Gasteiger partial charge < -0.3 is 10.8 Å². The second kappa shape index (κ2) is 2.84. The number of primary amides is 1. The zero-order valence-electron chi connectivity index (χ0n) is 7.17. The van der Waals surface area contributed by atoms with Gasteiger partial charge in [-0.15, -0.1) is 0 Å². The summed E-state index contributed by atoms with van der Waals surface area (Å²) in [5, 5.41) is 12.3. The Balaban J connectivity index is 3.08. The first-order valence-electron chi connectivity index (χ1n) is 3.61. The van der Waals surface area contributed by atoms with Crippen LogP contribution in [-0.2, 0) is 0 Å². The largest absolute Gasteiger partial charge is 0.438 e. The topological polar surface area (TPSA) is 78.9 Å². The quantitative estimate of drug-likeness (QED) is 0.608. The molecule has 1 atom stereocenters. The summed E-state index contributed by atoms with van der Waals surface area (Å²) in [6.45, 7) is 1.26. The molecule has 2 amide bonds. The van der Waals surface area contributed by atoms with Crippen LogP contribution in [0.3, 0.4) is 0 Å². The smallest absolute Gasteiger partial charge is 0.362 e. The summed E-state index contributed by atoms with van der Waals surface area (Å²) >= 11 is 0. The van der Waals surface area contributed by atoms with Crippen LogP contribution in [0.15, 0.2) is 5.10 Å². The maximum Gasteiger partial charge on any atom is 0.438 e. The minimum absolute atomic E-state index is 0.0105.